The zero-order valence-electron chi connectivity index (χ0n) is 15.6. The van der Waals surface area contributed by atoms with Crippen LogP contribution in [0.4, 0.5) is 11.4 Å². The molecule has 7 heteroatoms. The highest BCUT2D eigenvalue weighted by atomic mass is 35.5. The summed E-state index contributed by atoms with van der Waals surface area (Å²) < 4.78 is 25.6. The van der Waals surface area contributed by atoms with Gasteiger partial charge in [0.15, 0.2) is 0 Å². The maximum Gasteiger partial charge on any atom is 0.245 e. The summed E-state index contributed by atoms with van der Waals surface area (Å²) >= 11 is 6.22. The fraction of sp³-hybridized carbons (Fsp3) is 0.316. The monoisotopic (exact) mass is 394 g/mol. The Labute approximate surface area is 160 Å². The minimum atomic E-state index is -3.63. The summed E-state index contributed by atoms with van der Waals surface area (Å²) in [6, 6.07) is 9.08. The van der Waals surface area contributed by atoms with Crippen LogP contribution in [0.3, 0.4) is 0 Å². The van der Waals surface area contributed by atoms with Crippen LogP contribution in [0.5, 0.6) is 0 Å². The number of carbonyl (C=O) groups is 1. The predicted octanol–water partition coefficient (Wildman–Crippen LogP) is 3.98. The van der Waals surface area contributed by atoms with Crippen LogP contribution in [-0.4, -0.2) is 27.1 Å². The van der Waals surface area contributed by atoms with Gasteiger partial charge < -0.3 is 5.32 Å². The molecule has 140 valence electrons. The Morgan fingerprint density at radius 1 is 1.00 bits per heavy atom. The maximum atomic E-state index is 12.5. The normalized spacial score (nSPS) is 11.3. The summed E-state index contributed by atoms with van der Waals surface area (Å²) in [6.07, 6.45) is 1.09. The molecule has 2 rings (SSSR count). The van der Waals surface area contributed by atoms with Crippen molar-refractivity contribution in [2.45, 2.75) is 27.7 Å². The molecule has 0 radical (unpaired) electrons. The number of nitrogens with one attached hydrogen (secondary N) is 1. The lowest BCUT2D eigenvalue weighted by atomic mass is 10.1. The Hall–Kier alpha value is -2.05. The molecular weight excluding hydrogens is 372 g/mol. The van der Waals surface area contributed by atoms with Crippen molar-refractivity contribution >= 4 is 38.9 Å². The molecule has 0 aromatic heterocycles. The first kappa shape index (κ1) is 20.3. The van der Waals surface area contributed by atoms with Crippen molar-refractivity contribution in [1.82, 2.24) is 0 Å². The molecule has 0 bridgehead atoms. The van der Waals surface area contributed by atoms with Gasteiger partial charge in [0.05, 0.1) is 22.7 Å². The zero-order chi connectivity index (χ0) is 19.6. The standard InChI is InChI=1S/C19H23ClN2O3S/c1-12-6-13(2)9-16(8-12)22(26(5,24)25)11-18(23)21-19-15(4)7-14(3)10-17(19)20/h6-10H,11H2,1-5H3,(H,21,23). The highest BCUT2D eigenvalue weighted by Gasteiger charge is 2.22. The lowest BCUT2D eigenvalue weighted by molar-refractivity contribution is -0.114. The molecule has 2 aromatic carbocycles. The topological polar surface area (TPSA) is 66.5 Å². The van der Waals surface area contributed by atoms with Crippen molar-refractivity contribution in [1.29, 1.82) is 0 Å². The first-order chi connectivity index (χ1) is 12.0. The van der Waals surface area contributed by atoms with Crippen LogP contribution in [0.1, 0.15) is 22.3 Å². The number of hydrogen-bond donors (Lipinski definition) is 1. The average molecular weight is 395 g/mol. The van der Waals surface area contributed by atoms with Crippen molar-refractivity contribution in [2.24, 2.45) is 0 Å². The van der Waals surface area contributed by atoms with Gasteiger partial charge in [-0.05, 0) is 68.1 Å². The van der Waals surface area contributed by atoms with E-state index in [2.05, 4.69) is 5.32 Å². The van der Waals surface area contributed by atoms with Crippen molar-refractivity contribution in [2.75, 3.05) is 22.4 Å². The van der Waals surface area contributed by atoms with Crippen LogP contribution in [0.2, 0.25) is 5.02 Å². The quantitative estimate of drug-likeness (QED) is 0.834. The summed E-state index contributed by atoms with van der Waals surface area (Å²) in [5.41, 5.74) is 4.61. The fourth-order valence-electron chi connectivity index (χ4n) is 2.88. The molecule has 0 aliphatic heterocycles. The Kier molecular flexibility index (Phi) is 5.98. The lowest BCUT2D eigenvalue weighted by Crippen LogP contribution is -2.37. The number of aryl methyl sites for hydroxylation is 4. The van der Waals surface area contributed by atoms with Gasteiger partial charge in [0.25, 0.3) is 0 Å². The molecule has 5 nitrogen and oxygen atoms in total. The van der Waals surface area contributed by atoms with Crippen LogP contribution in [0.25, 0.3) is 0 Å². The highest BCUT2D eigenvalue weighted by Crippen LogP contribution is 2.28. The Morgan fingerprint density at radius 3 is 2.04 bits per heavy atom. The number of halogens is 1. The number of hydrogen-bond acceptors (Lipinski definition) is 3. The molecule has 0 unspecified atom stereocenters. The Morgan fingerprint density at radius 2 is 1.54 bits per heavy atom. The Bertz CT molecular complexity index is 912. The molecule has 1 amide bonds. The van der Waals surface area contributed by atoms with Gasteiger partial charge in [0.1, 0.15) is 6.54 Å². The molecule has 2 aromatic rings. The SMILES string of the molecule is Cc1cc(C)cc(N(CC(=O)Nc2c(C)cc(C)cc2Cl)S(C)(=O)=O)c1. The van der Waals surface area contributed by atoms with Gasteiger partial charge in [0, 0.05) is 0 Å². The van der Waals surface area contributed by atoms with Crippen LogP contribution in [0.15, 0.2) is 30.3 Å². The molecule has 0 saturated carbocycles. The van der Waals surface area contributed by atoms with Crippen molar-refractivity contribution in [3.8, 4) is 0 Å². The first-order valence-corrected chi connectivity index (χ1v) is 10.3. The predicted molar refractivity (Wildman–Crippen MR) is 108 cm³/mol. The van der Waals surface area contributed by atoms with E-state index >= 15 is 0 Å². The van der Waals surface area contributed by atoms with E-state index in [0.717, 1.165) is 32.8 Å². The second-order valence-electron chi connectivity index (χ2n) is 6.60. The van der Waals surface area contributed by atoms with Crippen LogP contribution >= 0.6 is 11.6 Å². The van der Waals surface area contributed by atoms with E-state index in [1.165, 1.54) is 0 Å². The number of rotatable bonds is 5. The summed E-state index contributed by atoms with van der Waals surface area (Å²) in [4.78, 5) is 12.5. The van der Waals surface area contributed by atoms with E-state index in [9.17, 15) is 13.2 Å². The first-order valence-electron chi connectivity index (χ1n) is 8.10. The third kappa shape index (κ3) is 4.99. The van der Waals surface area contributed by atoms with E-state index in [1.54, 1.807) is 18.2 Å². The molecule has 0 heterocycles. The number of carbonyl (C=O) groups excluding carboxylic acids is 1. The lowest BCUT2D eigenvalue weighted by Gasteiger charge is -2.23. The smallest absolute Gasteiger partial charge is 0.245 e. The van der Waals surface area contributed by atoms with E-state index in [0.29, 0.717) is 16.4 Å². The summed E-state index contributed by atoms with van der Waals surface area (Å²) in [5, 5.41) is 3.15. The summed E-state index contributed by atoms with van der Waals surface area (Å²) in [5.74, 6) is -0.455. The minimum absolute atomic E-state index is 0.328. The molecule has 0 atom stereocenters. The fourth-order valence-corrected chi connectivity index (χ4v) is 4.09. The maximum absolute atomic E-state index is 12.5. The molecule has 0 saturated heterocycles. The highest BCUT2D eigenvalue weighted by molar-refractivity contribution is 7.92. The minimum Gasteiger partial charge on any atom is -0.323 e. The third-order valence-corrected chi connectivity index (χ3v) is 5.32. The van der Waals surface area contributed by atoms with Gasteiger partial charge in [-0.2, -0.15) is 0 Å². The van der Waals surface area contributed by atoms with E-state index in [-0.39, 0.29) is 6.54 Å². The average Bonchev–Trinajstić information content (AvgIpc) is 2.46. The van der Waals surface area contributed by atoms with Gasteiger partial charge in [-0.1, -0.05) is 23.7 Å². The summed E-state index contributed by atoms with van der Waals surface area (Å²) in [6.45, 7) is 7.19. The van der Waals surface area contributed by atoms with Crippen molar-refractivity contribution in [3.63, 3.8) is 0 Å². The molecule has 0 aliphatic rings. The van der Waals surface area contributed by atoms with Crippen LogP contribution < -0.4 is 9.62 Å². The second-order valence-corrected chi connectivity index (χ2v) is 8.92. The van der Waals surface area contributed by atoms with E-state index in [1.807, 2.05) is 39.8 Å². The summed E-state index contributed by atoms with van der Waals surface area (Å²) in [7, 11) is -3.63. The van der Waals surface area contributed by atoms with Gasteiger partial charge >= 0.3 is 0 Å². The molecule has 26 heavy (non-hydrogen) atoms. The number of amides is 1. The van der Waals surface area contributed by atoms with Gasteiger partial charge in [-0.3, -0.25) is 9.10 Å². The molecule has 1 N–H and O–H groups in total. The van der Waals surface area contributed by atoms with Crippen LogP contribution in [-0.2, 0) is 14.8 Å². The van der Waals surface area contributed by atoms with Crippen molar-refractivity contribution in [3.05, 3.63) is 57.6 Å². The second kappa shape index (κ2) is 7.68. The van der Waals surface area contributed by atoms with Gasteiger partial charge in [-0.25, -0.2) is 8.42 Å². The van der Waals surface area contributed by atoms with Crippen molar-refractivity contribution < 1.29 is 13.2 Å². The zero-order valence-corrected chi connectivity index (χ0v) is 17.1. The Balaban J connectivity index is 2.31. The molecule has 0 spiro atoms. The molecular formula is C19H23ClN2O3S. The third-order valence-electron chi connectivity index (χ3n) is 3.88. The van der Waals surface area contributed by atoms with Gasteiger partial charge in [-0.15, -0.1) is 0 Å². The largest absolute Gasteiger partial charge is 0.323 e. The molecule has 0 fully saturated rings. The van der Waals surface area contributed by atoms with E-state index in [4.69, 9.17) is 11.6 Å². The number of sulfonamides is 1. The number of benzene rings is 2. The van der Waals surface area contributed by atoms with Gasteiger partial charge in [0.2, 0.25) is 15.9 Å². The number of anilines is 2. The number of nitrogens with zero attached hydrogens (tertiary/aromatic N) is 1. The van der Waals surface area contributed by atoms with Crippen LogP contribution in [0, 0.1) is 27.7 Å². The van der Waals surface area contributed by atoms with E-state index < -0.39 is 15.9 Å². The molecule has 0 aliphatic carbocycles.